The number of aromatic nitrogens is 2. The third-order valence-electron chi connectivity index (χ3n) is 5.08. The van der Waals surface area contributed by atoms with Crippen LogP contribution in [0.4, 0.5) is 4.39 Å². The molecular formula is C19H19FN4O2. The van der Waals surface area contributed by atoms with E-state index >= 15 is 0 Å². The molecule has 2 aliphatic rings. The van der Waals surface area contributed by atoms with Gasteiger partial charge in [-0.25, -0.2) is 4.39 Å². The molecule has 0 spiro atoms. The molecule has 2 aromatic rings. The summed E-state index contributed by atoms with van der Waals surface area (Å²) in [4.78, 5) is 27.9. The van der Waals surface area contributed by atoms with Crippen LogP contribution in [0.1, 0.15) is 25.0 Å². The Labute approximate surface area is 150 Å². The molecule has 7 heteroatoms. The van der Waals surface area contributed by atoms with Crippen LogP contribution in [-0.2, 0) is 16.1 Å². The Morgan fingerprint density at radius 3 is 2.46 bits per heavy atom. The predicted molar refractivity (Wildman–Crippen MR) is 92.2 cm³/mol. The summed E-state index contributed by atoms with van der Waals surface area (Å²) in [5.74, 6) is -1.26. The Balaban J connectivity index is 1.44. The number of carbonyl (C=O) groups is 2. The van der Waals surface area contributed by atoms with Crippen molar-refractivity contribution in [2.75, 3.05) is 13.1 Å². The molecule has 1 aliphatic carbocycles. The number of halogens is 1. The van der Waals surface area contributed by atoms with Gasteiger partial charge in [0.15, 0.2) is 0 Å². The highest BCUT2D eigenvalue weighted by Gasteiger charge is 2.38. The lowest BCUT2D eigenvalue weighted by molar-refractivity contribution is -0.159. The molecule has 1 aromatic heterocycles. The van der Waals surface area contributed by atoms with Gasteiger partial charge < -0.3 is 9.80 Å². The molecule has 2 heterocycles. The zero-order valence-electron chi connectivity index (χ0n) is 14.3. The maximum Gasteiger partial charge on any atom is 0.312 e. The topological polar surface area (TPSA) is 66.4 Å². The Morgan fingerprint density at radius 2 is 1.81 bits per heavy atom. The summed E-state index contributed by atoms with van der Waals surface area (Å²) in [6.07, 6.45) is 3.10. The molecule has 4 rings (SSSR count). The molecule has 2 amide bonds. The Kier molecular flexibility index (Phi) is 4.36. The first-order valence-electron chi connectivity index (χ1n) is 8.81. The van der Waals surface area contributed by atoms with E-state index in [4.69, 9.17) is 0 Å². The molecule has 26 heavy (non-hydrogen) atoms. The average Bonchev–Trinajstić information content (AvgIpc) is 2.61. The van der Waals surface area contributed by atoms with Crippen molar-refractivity contribution in [2.24, 2.45) is 0 Å². The van der Waals surface area contributed by atoms with Crippen LogP contribution in [0.5, 0.6) is 0 Å². The van der Waals surface area contributed by atoms with E-state index in [2.05, 4.69) is 10.2 Å². The lowest BCUT2D eigenvalue weighted by atomic mass is 9.91. The van der Waals surface area contributed by atoms with Crippen LogP contribution < -0.4 is 0 Å². The van der Waals surface area contributed by atoms with Crippen molar-refractivity contribution in [1.82, 2.24) is 20.0 Å². The standard InChI is InChI=1S/C19H19FN4O2/c20-16-7-2-1-6-15(16)17-9-8-13(21-22-17)12-23-10-11-24(14-4-3-5-14)19(26)18(23)25/h1-2,6-9,14H,3-5,10-12H2. The summed E-state index contributed by atoms with van der Waals surface area (Å²) in [5, 5.41) is 8.16. The summed E-state index contributed by atoms with van der Waals surface area (Å²) in [6, 6.07) is 9.99. The summed E-state index contributed by atoms with van der Waals surface area (Å²) >= 11 is 0. The fourth-order valence-corrected chi connectivity index (χ4v) is 3.34. The molecule has 1 saturated carbocycles. The predicted octanol–water partition coefficient (Wildman–Crippen LogP) is 2.01. The van der Waals surface area contributed by atoms with E-state index in [0.717, 1.165) is 19.3 Å². The van der Waals surface area contributed by atoms with Gasteiger partial charge in [0.05, 0.1) is 17.9 Å². The van der Waals surface area contributed by atoms with Gasteiger partial charge >= 0.3 is 11.8 Å². The van der Waals surface area contributed by atoms with Crippen LogP contribution in [0.15, 0.2) is 36.4 Å². The van der Waals surface area contributed by atoms with E-state index in [-0.39, 0.29) is 18.4 Å². The summed E-state index contributed by atoms with van der Waals surface area (Å²) in [6.45, 7) is 1.29. The van der Waals surface area contributed by atoms with Crippen molar-refractivity contribution in [3.63, 3.8) is 0 Å². The first-order valence-corrected chi connectivity index (χ1v) is 8.81. The first kappa shape index (κ1) is 16.6. The van der Waals surface area contributed by atoms with Gasteiger partial charge in [-0.15, -0.1) is 0 Å². The Bertz CT molecular complexity index is 836. The van der Waals surface area contributed by atoms with Gasteiger partial charge in [0.25, 0.3) is 0 Å². The summed E-state index contributed by atoms with van der Waals surface area (Å²) in [5.41, 5.74) is 1.39. The van der Waals surface area contributed by atoms with Crippen molar-refractivity contribution in [1.29, 1.82) is 0 Å². The molecule has 0 bridgehead atoms. The van der Waals surface area contributed by atoms with E-state index in [1.807, 2.05) is 0 Å². The van der Waals surface area contributed by atoms with Gasteiger partial charge in [-0.2, -0.15) is 10.2 Å². The van der Waals surface area contributed by atoms with Gasteiger partial charge in [-0.05, 0) is 43.5 Å². The molecule has 2 fully saturated rings. The van der Waals surface area contributed by atoms with E-state index < -0.39 is 11.8 Å². The van der Waals surface area contributed by atoms with E-state index in [9.17, 15) is 14.0 Å². The van der Waals surface area contributed by atoms with Gasteiger partial charge in [0.2, 0.25) is 0 Å². The number of rotatable bonds is 4. The average molecular weight is 354 g/mol. The highest BCUT2D eigenvalue weighted by Crippen LogP contribution is 2.26. The fraction of sp³-hybridized carbons (Fsp3) is 0.368. The van der Waals surface area contributed by atoms with Crippen LogP contribution in [0.25, 0.3) is 11.3 Å². The number of hydrogen-bond donors (Lipinski definition) is 0. The maximum absolute atomic E-state index is 13.8. The highest BCUT2D eigenvalue weighted by molar-refractivity contribution is 6.35. The van der Waals surface area contributed by atoms with Crippen molar-refractivity contribution >= 4 is 11.8 Å². The minimum absolute atomic E-state index is 0.230. The van der Waals surface area contributed by atoms with Crippen LogP contribution in [0.2, 0.25) is 0 Å². The maximum atomic E-state index is 13.8. The molecule has 0 N–H and O–H groups in total. The number of piperazine rings is 1. The zero-order valence-corrected chi connectivity index (χ0v) is 14.3. The summed E-state index contributed by atoms with van der Waals surface area (Å²) in [7, 11) is 0. The van der Waals surface area contributed by atoms with Crippen molar-refractivity contribution in [2.45, 2.75) is 31.8 Å². The number of carbonyl (C=O) groups excluding carboxylic acids is 2. The lowest BCUT2D eigenvalue weighted by Gasteiger charge is -2.42. The molecule has 0 atom stereocenters. The molecule has 134 valence electrons. The molecular weight excluding hydrogens is 335 g/mol. The SMILES string of the molecule is O=C1C(=O)N(C2CCC2)CCN1Cc1ccc(-c2ccccc2F)nn1. The van der Waals surface area contributed by atoms with Crippen molar-refractivity contribution < 1.29 is 14.0 Å². The van der Waals surface area contributed by atoms with Crippen molar-refractivity contribution in [3.8, 4) is 11.3 Å². The first-order chi connectivity index (χ1) is 12.6. The number of amides is 2. The zero-order chi connectivity index (χ0) is 18.1. The Hall–Kier alpha value is -2.83. The second-order valence-electron chi connectivity index (χ2n) is 6.70. The minimum atomic E-state index is -0.483. The van der Waals surface area contributed by atoms with Crippen LogP contribution in [0.3, 0.4) is 0 Å². The van der Waals surface area contributed by atoms with Gasteiger partial charge in [-0.1, -0.05) is 12.1 Å². The second kappa shape index (κ2) is 6.82. The van der Waals surface area contributed by atoms with Crippen LogP contribution >= 0.6 is 0 Å². The molecule has 1 aliphatic heterocycles. The fourth-order valence-electron chi connectivity index (χ4n) is 3.34. The third-order valence-corrected chi connectivity index (χ3v) is 5.08. The molecule has 0 radical (unpaired) electrons. The van der Waals surface area contributed by atoms with Crippen LogP contribution in [-0.4, -0.2) is 50.9 Å². The van der Waals surface area contributed by atoms with Gasteiger partial charge in [0.1, 0.15) is 5.82 Å². The highest BCUT2D eigenvalue weighted by atomic mass is 19.1. The van der Waals surface area contributed by atoms with E-state index in [0.29, 0.717) is 30.0 Å². The monoisotopic (exact) mass is 354 g/mol. The smallest absolute Gasteiger partial charge is 0.312 e. The normalized spacial score (nSPS) is 18.2. The molecule has 1 aromatic carbocycles. The van der Waals surface area contributed by atoms with Crippen molar-refractivity contribution in [3.05, 3.63) is 47.9 Å². The van der Waals surface area contributed by atoms with Crippen LogP contribution in [0, 0.1) is 5.82 Å². The number of nitrogens with zero attached hydrogens (tertiary/aromatic N) is 4. The third kappa shape index (κ3) is 3.05. The lowest BCUT2D eigenvalue weighted by Crippen LogP contribution is -2.58. The van der Waals surface area contributed by atoms with Gasteiger partial charge in [-0.3, -0.25) is 9.59 Å². The van der Waals surface area contributed by atoms with E-state index in [1.165, 1.54) is 11.0 Å². The Morgan fingerprint density at radius 1 is 1.00 bits per heavy atom. The quantitative estimate of drug-likeness (QED) is 0.788. The molecule has 1 saturated heterocycles. The minimum Gasteiger partial charge on any atom is -0.330 e. The largest absolute Gasteiger partial charge is 0.330 e. The number of hydrogen-bond acceptors (Lipinski definition) is 4. The van der Waals surface area contributed by atoms with Gasteiger partial charge in [0, 0.05) is 24.7 Å². The number of benzene rings is 1. The second-order valence-corrected chi connectivity index (χ2v) is 6.70. The molecule has 0 unspecified atom stereocenters. The van der Waals surface area contributed by atoms with E-state index in [1.54, 1.807) is 35.2 Å². The molecule has 6 nitrogen and oxygen atoms in total. The summed E-state index contributed by atoms with van der Waals surface area (Å²) < 4.78 is 13.8.